The van der Waals surface area contributed by atoms with E-state index in [1.165, 1.54) is 12.0 Å². The van der Waals surface area contributed by atoms with Crippen molar-refractivity contribution in [1.29, 1.82) is 0 Å². The molecule has 0 unspecified atom stereocenters. The Labute approximate surface area is 99.1 Å². The minimum absolute atomic E-state index is 0.398. The zero-order valence-electron chi connectivity index (χ0n) is 10.8. The lowest BCUT2D eigenvalue weighted by atomic mass is 9.88. The van der Waals surface area contributed by atoms with E-state index in [4.69, 9.17) is 4.74 Å². The minimum Gasteiger partial charge on any atom is -0.497 e. The molecular weight excluding hydrogens is 196 g/mol. The van der Waals surface area contributed by atoms with Gasteiger partial charge in [-0.15, -0.1) is 0 Å². The van der Waals surface area contributed by atoms with Crippen LogP contribution in [-0.2, 0) is 11.2 Å². The largest absolute Gasteiger partial charge is 0.497 e. The molecule has 1 rings (SSSR count). The van der Waals surface area contributed by atoms with Crippen LogP contribution in [0.2, 0.25) is 0 Å². The van der Waals surface area contributed by atoms with Crippen LogP contribution in [0.25, 0.3) is 5.76 Å². The molecule has 1 heteroatoms. The van der Waals surface area contributed by atoms with Crippen LogP contribution < -0.4 is 0 Å². The summed E-state index contributed by atoms with van der Waals surface area (Å²) in [4.78, 5) is 0. The zero-order chi connectivity index (χ0) is 12.2. The molecule has 0 N–H and O–H groups in total. The van der Waals surface area contributed by atoms with Crippen molar-refractivity contribution in [2.75, 3.05) is 7.11 Å². The zero-order valence-corrected chi connectivity index (χ0v) is 10.8. The number of hydrogen-bond donors (Lipinski definition) is 0. The highest BCUT2D eigenvalue weighted by atomic mass is 16.5. The minimum atomic E-state index is 0.398. The number of methoxy groups -OCH3 is 1. The van der Waals surface area contributed by atoms with Crippen LogP contribution in [-0.4, -0.2) is 7.11 Å². The van der Waals surface area contributed by atoms with Crippen molar-refractivity contribution >= 4 is 5.76 Å². The quantitative estimate of drug-likeness (QED) is 0.685. The van der Waals surface area contributed by atoms with Gasteiger partial charge in [-0.25, -0.2) is 0 Å². The lowest BCUT2D eigenvalue weighted by Crippen LogP contribution is -2.06. The summed E-state index contributed by atoms with van der Waals surface area (Å²) in [5, 5.41) is 0. The third-order valence-corrected chi connectivity index (χ3v) is 2.69. The SMILES string of the molecule is C=C(OC)c1ccc(CCC(C)(C)C)cc1. The van der Waals surface area contributed by atoms with E-state index in [2.05, 4.69) is 51.6 Å². The lowest BCUT2D eigenvalue weighted by molar-refractivity contribution is 0.371. The van der Waals surface area contributed by atoms with Crippen molar-refractivity contribution in [2.24, 2.45) is 5.41 Å². The van der Waals surface area contributed by atoms with Crippen molar-refractivity contribution in [2.45, 2.75) is 33.6 Å². The maximum atomic E-state index is 5.10. The second-order valence-electron chi connectivity index (χ2n) is 5.38. The molecule has 0 radical (unpaired) electrons. The molecule has 0 amide bonds. The number of rotatable bonds is 4. The maximum absolute atomic E-state index is 5.10. The molecule has 0 saturated heterocycles. The summed E-state index contributed by atoms with van der Waals surface area (Å²) in [7, 11) is 1.65. The summed E-state index contributed by atoms with van der Waals surface area (Å²) in [5.41, 5.74) is 2.83. The summed E-state index contributed by atoms with van der Waals surface area (Å²) in [6, 6.07) is 8.46. The Kier molecular flexibility index (Phi) is 4.17. The Bertz CT molecular complexity index is 341. The summed E-state index contributed by atoms with van der Waals surface area (Å²) in [5.74, 6) is 0.724. The molecular formula is C15H22O. The Morgan fingerprint density at radius 2 is 1.75 bits per heavy atom. The van der Waals surface area contributed by atoms with E-state index in [-0.39, 0.29) is 0 Å². The average Bonchev–Trinajstić information content (AvgIpc) is 2.25. The fraction of sp³-hybridized carbons (Fsp3) is 0.467. The molecule has 0 heterocycles. The molecule has 1 aromatic carbocycles. The molecule has 0 aliphatic heterocycles. The standard InChI is InChI=1S/C15H22O/c1-12(16-5)14-8-6-13(7-9-14)10-11-15(2,3)4/h6-9H,1,10-11H2,2-5H3. The van der Waals surface area contributed by atoms with E-state index < -0.39 is 0 Å². The summed E-state index contributed by atoms with van der Waals surface area (Å²) >= 11 is 0. The van der Waals surface area contributed by atoms with Gasteiger partial charge in [0.25, 0.3) is 0 Å². The van der Waals surface area contributed by atoms with Gasteiger partial charge >= 0.3 is 0 Å². The van der Waals surface area contributed by atoms with Crippen molar-refractivity contribution in [3.63, 3.8) is 0 Å². The van der Waals surface area contributed by atoms with Crippen molar-refractivity contribution in [3.05, 3.63) is 42.0 Å². The predicted octanol–water partition coefficient (Wildman–Crippen LogP) is 4.28. The number of ether oxygens (including phenoxy) is 1. The van der Waals surface area contributed by atoms with E-state index in [1.807, 2.05) is 0 Å². The average molecular weight is 218 g/mol. The van der Waals surface area contributed by atoms with Gasteiger partial charge in [-0.2, -0.15) is 0 Å². The smallest absolute Gasteiger partial charge is 0.118 e. The molecule has 1 nitrogen and oxygen atoms in total. The first-order chi connectivity index (χ1) is 7.42. The van der Waals surface area contributed by atoms with Gasteiger partial charge in [-0.1, -0.05) is 51.6 Å². The van der Waals surface area contributed by atoms with Crippen LogP contribution in [0.15, 0.2) is 30.8 Å². The third-order valence-electron chi connectivity index (χ3n) is 2.69. The topological polar surface area (TPSA) is 9.23 Å². The molecule has 16 heavy (non-hydrogen) atoms. The van der Waals surface area contributed by atoms with Crippen LogP contribution in [0.3, 0.4) is 0 Å². The van der Waals surface area contributed by atoms with Crippen LogP contribution in [0, 0.1) is 5.41 Å². The van der Waals surface area contributed by atoms with Gasteiger partial charge in [0.2, 0.25) is 0 Å². The first kappa shape index (κ1) is 12.8. The summed E-state index contributed by atoms with van der Waals surface area (Å²) in [6.45, 7) is 10.7. The highest BCUT2D eigenvalue weighted by Crippen LogP contribution is 2.22. The Morgan fingerprint density at radius 1 is 1.19 bits per heavy atom. The van der Waals surface area contributed by atoms with Gasteiger partial charge in [0.1, 0.15) is 5.76 Å². The van der Waals surface area contributed by atoms with Gasteiger partial charge in [0.15, 0.2) is 0 Å². The van der Waals surface area contributed by atoms with Crippen LogP contribution in [0.1, 0.15) is 38.3 Å². The van der Waals surface area contributed by atoms with E-state index in [0.29, 0.717) is 5.41 Å². The Hall–Kier alpha value is -1.24. The third kappa shape index (κ3) is 4.09. The van der Waals surface area contributed by atoms with Crippen molar-refractivity contribution < 1.29 is 4.74 Å². The van der Waals surface area contributed by atoms with Crippen LogP contribution >= 0.6 is 0 Å². The van der Waals surface area contributed by atoms with Crippen molar-refractivity contribution in [1.82, 2.24) is 0 Å². The molecule has 0 aliphatic carbocycles. The highest BCUT2D eigenvalue weighted by molar-refractivity contribution is 5.57. The molecule has 0 atom stereocenters. The molecule has 0 fully saturated rings. The first-order valence-corrected chi connectivity index (χ1v) is 5.74. The molecule has 0 aromatic heterocycles. The van der Waals surface area contributed by atoms with Crippen LogP contribution in [0.5, 0.6) is 0 Å². The van der Waals surface area contributed by atoms with E-state index in [0.717, 1.165) is 17.7 Å². The Balaban J connectivity index is 2.62. The van der Waals surface area contributed by atoms with Gasteiger partial charge in [0, 0.05) is 5.56 Å². The molecule has 0 bridgehead atoms. The monoisotopic (exact) mass is 218 g/mol. The lowest BCUT2D eigenvalue weighted by Gasteiger charge is -2.17. The van der Waals surface area contributed by atoms with Gasteiger partial charge in [-0.05, 0) is 23.8 Å². The first-order valence-electron chi connectivity index (χ1n) is 5.74. The molecule has 1 aromatic rings. The number of benzene rings is 1. The van der Waals surface area contributed by atoms with E-state index >= 15 is 0 Å². The number of aryl methyl sites for hydroxylation is 1. The second-order valence-corrected chi connectivity index (χ2v) is 5.38. The second kappa shape index (κ2) is 5.20. The fourth-order valence-electron chi connectivity index (χ4n) is 1.49. The summed E-state index contributed by atoms with van der Waals surface area (Å²) in [6.07, 6.45) is 2.33. The maximum Gasteiger partial charge on any atom is 0.118 e. The highest BCUT2D eigenvalue weighted by Gasteiger charge is 2.09. The predicted molar refractivity (Wildman–Crippen MR) is 70.3 cm³/mol. The molecule has 0 saturated carbocycles. The van der Waals surface area contributed by atoms with E-state index in [9.17, 15) is 0 Å². The molecule has 88 valence electrons. The normalized spacial score (nSPS) is 11.2. The van der Waals surface area contributed by atoms with Gasteiger partial charge in [0.05, 0.1) is 7.11 Å². The molecule has 0 spiro atoms. The van der Waals surface area contributed by atoms with Crippen LogP contribution in [0.4, 0.5) is 0 Å². The molecule has 0 aliphatic rings. The van der Waals surface area contributed by atoms with Gasteiger partial charge < -0.3 is 4.74 Å². The summed E-state index contributed by atoms with van der Waals surface area (Å²) < 4.78 is 5.10. The van der Waals surface area contributed by atoms with E-state index in [1.54, 1.807) is 7.11 Å². The number of hydrogen-bond acceptors (Lipinski definition) is 1. The fourth-order valence-corrected chi connectivity index (χ4v) is 1.49. The van der Waals surface area contributed by atoms with Gasteiger partial charge in [-0.3, -0.25) is 0 Å². The van der Waals surface area contributed by atoms with Crippen molar-refractivity contribution in [3.8, 4) is 0 Å². The Morgan fingerprint density at radius 3 is 2.19 bits per heavy atom.